The molecule has 2 heterocycles. The summed E-state index contributed by atoms with van der Waals surface area (Å²) in [5.41, 5.74) is 2.95. The number of rotatable bonds is 7. The van der Waals surface area contributed by atoms with Crippen LogP contribution in [0.1, 0.15) is 28.7 Å². The first kappa shape index (κ1) is 20.7. The fourth-order valence-electron chi connectivity index (χ4n) is 3.97. The molecule has 0 fully saturated rings. The third-order valence-corrected chi connectivity index (χ3v) is 5.52. The van der Waals surface area contributed by atoms with E-state index >= 15 is 0 Å². The Morgan fingerprint density at radius 3 is 2.45 bits per heavy atom. The summed E-state index contributed by atoms with van der Waals surface area (Å²) in [7, 11) is 6.49. The molecular weight excluding hydrogens is 396 g/mol. The monoisotopic (exact) mass is 422 g/mol. The largest absolute Gasteiger partial charge is 0.496 e. The van der Waals surface area contributed by atoms with E-state index in [1.54, 1.807) is 45.4 Å². The number of aromatic nitrogens is 1. The van der Waals surface area contributed by atoms with Crippen LogP contribution in [0.15, 0.2) is 40.8 Å². The van der Waals surface area contributed by atoms with Crippen molar-refractivity contribution >= 4 is 27.8 Å². The molecule has 0 spiro atoms. The summed E-state index contributed by atoms with van der Waals surface area (Å²) in [6.45, 7) is 2.48. The quantitative estimate of drug-likeness (QED) is 0.464. The van der Waals surface area contributed by atoms with E-state index in [0.717, 1.165) is 34.1 Å². The maximum absolute atomic E-state index is 13.3. The summed E-state index contributed by atoms with van der Waals surface area (Å²) in [5, 5.41) is 1.78. The van der Waals surface area contributed by atoms with Gasteiger partial charge in [-0.05, 0) is 12.1 Å². The predicted octanol–water partition coefficient (Wildman–Crippen LogP) is 4.77. The summed E-state index contributed by atoms with van der Waals surface area (Å²) < 4.78 is 22.4. The first-order chi connectivity index (χ1) is 15.0. The minimum Gasteiger partial charge on any atom is -0.496 e. The zero-order valence-corrected chi connectivity index (χ0v) is 18.4. The third kappa shape index (κ3) is 3.46. The van der Waals surface area contributed by atoms with Crippen molar-refractivity contribution in [3.63, 3.8) is 0 Å². The average Bonchev–Trinajstić information content (AvgIpc) is 3.39. The van der Waals surface area contributed by atoms with Gasteiger partial charge in [0, 0.05) is 42.4 Å². The summed E-state index contributed by atoms with van der Waals surface area (Å²) in [6.07, 6.45) is 0.757. The summed E-state index contributed by atoms with van der Waals surface area (Å²) >= 11 is 0. The Bertz CT molecular complexity index is 1250. The maximum Gasteiger partial charge on any atom is 0.270 e. The van der Waals surface area contributed by atoms with Crippen molar-refractivity contribution < 1.29 is 23.4 Å². The third-order valence-electron chi connectivity index (χ3n) is 5.52. The molecule has 1 N–H and O–H groups in total. The van der Waals surface area contributed by atoms with E-state index in [1.807, 2.05) is 31.2 Å². The molecule has 2 aromatic heterocycles. The number of benzene rings is 2. The number of nitrogens with zero attached hydrogens (tertiary/aromatic N) is 1. The second-order valence-corrected chi connectivity index (χ2v) is 7.30. The number of fused-ring (bicyclic) bond motifs is 2. The lowest BCUT2D eigenvalue weighted by Gasteiger charge is -2.16. The van der Waals surface area contributed by atoms with Gasteiger partial charge < -0.3 is 28.5 Å². The van der Waals surface area contributed by atoms with Crippen LogP contribution in [-0.2, 0) is 13.0 Å². The predicted molar refractivity (Wildman–Crippen MR) is 119 cm³/mol. The van der Waals surface area contributed by atoms with Gasteiger partial charge in [-0.2, -0.15) is 0 Å². The van der Waals surface area contributed by atoms with Crippen molar-refractivity contribution in [2.24, 2.45) is 0 Å². The Morgan fingerprint density at radius 2 is 1.77 bits per heavy atom. The second kappa shape index (κ2) is 8.26. The zero-order valence-electron chi connectivity index (χ0n) is 18.4. The van der Waals surface area contributed by atoms with Gasteiger partial charge in [0.25, 0.3) is 5.91 Å². The van der Waals surface area contributed by atoms with E-state index in [4.69, 9.17) is 18.6 Å². The molecule has 31 heavy (non-hydrogen) atoms. The Labute approximate surface area is 180 Å². The number of amides is 1. The Balaban J connectivity index is 1.71. The summed E-state index contributed by atoms with van der Waals surface area (Å²) in [6, 6.07) is 11.4. The number of H-pyrrole nitrogens is 1. The molecule has 7 heteroatoms. The standard InChI is InChI=1S/C24H26N2O5/c1-6-18-16(14-9-7-8-10-19(14)31-18)13-26(2)24(27)17-11-15-20(28-3)12-21(29-4)23(30-5)22(15)25-17/h7-12,25H,6,13H2,1-5H3. The van der Waals surface area contributed by atoms with Gasteiger partial charge in [0.1, 0.15) is 22.8 Å². The smallest absolute Gasteiger partial charge is 0.270 e. The number of hydrogen-bond acceptors (Lipinski definition) is 5. The number of aromatic amines is 1. The van der Waals surface area contributed by atoms with Crippen molar-refractivity contribution in [3.8, 4) is 17.2 Å². The molecule has 0 aliphatic carbocycles. The fraction of sp³-hybridized carbons (Fsp3) is 0.292. The Morgan fingerprint density at radius 1 is 1.03 bits per heavy atom. The molecule has 0 aliphatic rings. The zero-order chi connectivity index (χ0) is 22.1. The van der Waals surface area contributed by atoms with Crippen LogP contribution in [0.4, 0.5) is 0 Å². The highest BCUT2D eigenvalue weighted by molar-refractivity contribution is 6.02. The maximum atomic E-state index is 13.3. The van der Waals surface area contributed by atoms with Gasteiger partial charge in [0.2, 0.25) is 0 Å². The molecule has 0 atom stereocenters. The van der Waals surface area contributed by atoms with E-state index < -0.39 is 0 Å². The number of carbonyl (C=O) groups is 1. The van der Waals surface area contributed by atoms with E-state index in [-0.39, 0.29) is 5.91 Å². The molecular formula is C24H26N2O5. The lowest BCUT2D eigenvalue weighted by atomic mass is 10.1. The van der Waals surface area contributed by atoms with Crippen molar-refractivity contribution in [3.05, 3.63) is 53.4 Å². The van der Waals surface area contributed by atoms with Crippen LogP contribution in [0.3, 0.4) is 0 Å². The Kier molecular flexibility index (Phi) is 5.50. The van der Waals surface area contributed by atoms with Gasteiger partial charge >= 0.3 is 0 Å². The molecule has 0 aliphatic heterocycles. The molecule has 0 radical (unpaired) electrons. The van der Waals surface area contributed by atoms with Crippen LogP contribution < -0.4 is 14.2 Å². The summed E-state index contributed by atoms with van der Waals surface area (Å²) in [4.78, 5) is 18.2. The fourth-order valence-corrected chi connectivity index (χ4v) is 3.97. The van der Waals surface area contributed by atoms with Crippen LogP contribution >= 0.6 is 0 Å². The average molecular weight is 422 g/mol. The minimum atomic E-state index is -0.147. The van der Waals surface area contributed by atoms with Gasteiger partial charge in [-0.3, -0.25) is 4.79 Å². The number of nitrogens with one attached hydrogen (secondary N) is 1. The number of furan rings is 1. The van der Waals surface area contributed by atoms with Crippen LogP contribution in [0.5, 0.6) is 17.2 Å². The Hall–Kier alpha value is -3.61. The van der Waals surface area contributed by atoms with Crippen LogP contribution in [-0.4, -0.2) is 44.2 Å². The molecule has 2 aromatic carbocycles. The van der Waals surface area contributed by atoms with Crippen molar-refractivity contribution in [1.82, 2.24) is 9.88 Å². The molecule has 0 bridgehead atoms. The normalized spacial score (nSPS) is 11.1. The van der Waals surface area contributed by atoms with Crippen LogP contribution in [0.25, 0.3) is 21.9 Å². The number of para-hydroxylation sites is 1. The lowest BCUT2D eigenvalue weighted by Crippen LogP contribution is -2.26. The molecule has 7 nitrogen and oxygen atoms in total. The molecule has 0 saturated carbocycles. The number of aryl methyl sites for hydroxylation is 1. The number of carbonyl (C=O) groups excluding carboxylic acids is 1. The highest BCUT2D eigenvalue weighted by atomic mass is 16.5. The van der Waals surface area contributed by atoms with Gasteiger partial charge in [0.15, 0.2) is 11.5 Å². The van der Waals surface area contributed by atoms with Crippen LogP contribution in [0.2, 0.25) is 0 Å². The van der Waals surface area contributed by atoms with Gasteiger partial charge in [0.05, 0.1) is 26.8 Å². The number of hydrogen-bond donors (Lipinski definition) is 1. The van der Waals surface area contributed by atoms with Crippen molar-refractivity contribution in [1.29, 1.82) is 0 Å². The molecule has 0 unspecified atom stereocenters. The van der Waals surface area contributed by atoms with Crippen molar-refractivity contribution in [2.45, 2.75) is 19.9 Å². The molecule has 0 saturated heterocycles. The second-order valence-electron chi connectivity index (χ2n) is 7.30. The van der Waals surface area contributed by atoms with Gasteiger partial charge in [-0.15, -0.1) is 0 Å². The molecule has 4 aromatic rings. The molecule has 162 valence electrons. The molecule has 4 rings (SSSR count). The van der Waals surface area contributed by atoms with E-state index in [9.17, 15) is 4.79 Å². The van der Waals surface area contributed by atoms with Gasteiger partial charge in [-0.25, -0.2) is 0 Å². The van der Waals surface area contributed by atoms with E-state index in [2.05, 4.69) is 4.98 Å². The van der Waals surface area contributed by atoms with Crippen molar-refractivity contribution in [2.75, 3.05) is 28.4 Å². The SMILES string of the molecule is CCc1oc2ccccc2c1CN(C)C(=O)c1cc2c(OC)cc(OC)c(OC)c2[nH]1. The highest BCUT2D eigenvalue weighted by Gasteiger charge is 2.23. The topological polar surface area (TPSA) is 76.9 Å². The van der Waals surface area contributed by atoms with Crippen LogP contribution in [0, 0.1) is 0 Å². The number of ether oxygens (including phenoxy) is 3. The van der Waals surface area contributed by atoms with E-state index in [1.165, 1.54) is 0 Å². The summed E-state index contributed by atoms with van der Waals surface area (Å²) in [5.74, 6) is 2.39. The number of methoxy groups -OCH3 is 3. The molecule has 1 amide bonds. The lowest BCUT2D eigenvalue weighted by molar-refractivity contribution is 0.0780. The first-order valence-electron chi connectivity index (χ1n) is 10.1. The van der Waals surface area contributed by atoms with E-state index in [0.29, 0.717) is 35.0 Å². The first-order valence-corrected chi connectivity index (χ1v) is 10.1. The van der Waals surface area contributed by atoms with Gasteiger partial charge in [-0.1, -0.05) is 25.1 Å². The highest BCUT2D eigenvalue weighted by Crippen LogP contribution is 2.41. The minimum absolute atomic E-state index is 0.147.